The minimum atomic E-state index is 0.570. The van der Waals surface area contributed by atoms with Crippen LogP contribution in [0.1, 0.15) is 32.1 Å². The summed E-state index contributed by atoms with van der Waals surface area (Å²) >= 11 is 0. The van der Waals surface area contributed by atoms with Crippen LogP contribution in [0.4, 0.5) is 11.8 Å². The van der Waals surface area contributed by atoms with Gasteiger partial charge < -0.3 is 10.2 Å². The zero-order valence-corrected chi connectivity index (χ0v) is 12.8. The summed E-state index contributed by atoms with van der Waals surface area (Å²) in [6.07, 6.45) is 6.32. The van der Waals surface area contributed by atoms with Crippen LogP contribution in [-0.4, -0.2) is 29.1 Å². The van der Waals surface area contributed by atoms with Crippen molar-refractivity contribution in [2.75, 3.05) is 23.3 Å². The first-order chi connectivity index (χ1) is 10.9. The van der Waals surface area contributed by atoms with Crippen molar-refractivity contribution >= 4 is 11.8 Å². The zero-order chi connectivity index (χ0) is 14.8. The fraction of sp³-hybridized carbons (Fsp3) is 0.444. The molecule has 0 radical (unpaired) electrons. The van der Waals surface area contributed by atoms with Gasteiger partial charge in [-0.1, -0.05) is 30.3 Å². The molecule has 1 N–H and O–H groups in total. The lowest BCUT2D eigenvalue weighted by Gasteiger charge is -2.28. The van der Waals surface area contributed by atoms with Crippen molar-refractivity contribution in [2.24, 2.45) is 0 Å². The van der Waals surface area contributed by atoms with Crippen molar-refractivity contribution in [3.8, 4) is 11.3 Å². The molecule has 1 saturated heterocycles. The van der Waals surface area contributed by atoms with E-state index in [1.54, 1.807) is 0 Å². The molecule has 22 heavy (non-hydrogen) atoms. The molecule has 2 fully saturated rings. The summed E-state index contributed by atoms with van der Waals surface area (Å²) in [7, 11) is 0. The first kappa shape index (κ1) is 13.6. The van der Waals surface area contributed by atoms with E-state index in [-0.39, 0.29) is 0 Å². The normalized spacial score (nSPS) is 18.3. The van der Waals surface area contributed by atoms with Crippen molar-refractivity contribution in [3.63, 3.8) is 0 Å². The number of hydrogen-bond acceptors (Lipinski definition) is 4. The third kappa shape index (κ3) is 3.06. The fourth-order valence-electron chi connectivity index (χ4n) is 2.95. The van der Waals surface area contributed by atoms with Gasteiger partial charge in [0.2, 0.25) is 5.95 Å². The second-order valence-electron chi connectivity index (χ2n) is 6.27. The van der Waals surface area contributed by atoms with E-state index in [9.17, 15) is 0 Å². The van der Waals surface area contributed by atoms with E-state index in [1.165, 1.54) is 32.1 Å². The van der Waals surface area contributed by atoms with Crippen LogP contribution >= 0.6 is 0 Å². The number of hydrogen-bond donors (Lipinski definition) is 1. The van der Waals surface area contributed by atoms with Gasteiger partial charge in [0.25, 0.3) is 0 Å². The summed E-state index contributed by atoms with van der Waals surface area (Å²) in [5, 5.41) is 3.46. The summed E-state index contributed by atoms with van der Waals surface area (Å²) in [5.41, 5.74) is 2.17. The molecule has 0 bridgehead atoms. The van der Waals surface area contributed by atoms with Crippen LogP contribution in [0.15, 0.2) is 36.4 Å². The Balaban J connectivity index is 1.69. The van der Waals surface area contributed by atoms with Gasteiger partial charge in [0.1, 0.15) is 5.82 Å². The average Bonchev–Trinajstić information content (AvgIpc) is 3.40. The monoisotopic (exact) mass is 294 g/mol. The van der Waals surface area contributed by atoms with Crippen LogP contribution in [0.2, 0.25) is 0 Å². The molecule has 4 rings (SSSR count). The van der Waals surface area contributed by atoms with Gasteiger partial charge in [-0.05, 0) is 32.1 Å². The van der Waals surface area contributed by atoms with Gasteiger partial charge >= 0.3 is 0 Å². The van der Waals surface area contributed by atoms with Crippen molar-refractivity contribution in [1.82, 2.24) is 9.97 Å². The van der Waals surface area contributed by atoms with Crippen LogP contribution < -0.4 is 10.2 Å². The predicted octanol–water partition coefficient (Wildman–Crippen LogP) is 3.71. The number of nitrogens with one attached hydrogen (secondary N) is 1. The molecule has 1 aromatic heterocycles. The highest BCUT2D eigenvalue weighted by atomic mass is 15.2. The van der Waals surface area contributed by atoms with Crippen LogP contribution in [0, 0.1) is 0 Å². The maximum absolute atomic E-state index is 4.77. The lowest BCUT2D eigenvalue weighted by atomic mass is 10.1. The number of aromatic nitrogens is 2. The van der Waals surface area contributed by atoms with Crippen LogP contribution in [0.5, 0.6) is 0 Å². The fourth-order valence-corrected chi connectivity index (χ4v) is 2.95. The van der Waals surface area contributed by atoms with E-state index in [1.807, 2.05) is 6.07 Å². The van der Waals surface area contributed by atoms with E-state index in [2.05, 4.69) is 40.5 Å². The maximum Gasteiger partial charge on any atom is 0.225 e. The smallest absolute Gasteiger partial charge is 0.225 e. The molecule has 0 atom stereocenters. The molecule has 1 aliphatic carbocycles. The highest BCUT2D eigenvalue weighted by molar-refractivity contribution is 5.65. The molecule has 114 valence electrons. The van der Waals surface area contributed by atoms with Crippen molar-refractivity contribution in [1.29, 1.82) is 0 Å². The highest BCUT2D eigenvalue weighted by Gasteiger charge is 2.23. The van der Waals surface area contributed by atoms with Crippen LogP contribution in [-0.2, 0) is 0 Å². The van der Waals surface area contributed by atoms with Crippen LogP contribution in [0.3, 0.4) is 0 Å². The number of benzene rings is 1. The van der Waals surface area contributed by atoms with Gasteiger partial charge in [-0.3, -0.25) is 0 Å². The number of rotatable bonds is 4. The Hall–Kier alpha value is -2.10. The molecule has 0 unspecified atom stereocenters. The van der Waals surface area contributed by atoms with E-state index in [4.69, 9.17) is 9.97 Å². The Morgan fingerprint density at radius 1 is 0.955 bits per heavy atom. The molecular formula is C18H22N4. The Bertz CT molecular complexity index is 631. The summed E-state index contributed by atoms with van der Waals surface area (Å²) in [6, 6.07) is 13.1. The second kappa shape index (κ2) is 5.95. The third-order valence-electron chi connectivity index (χ3n) is 4.37. The molecule has 2 aliphatic rings. The lowest BCUT2D eigenvalue weighted by Crippen LogP contribution is -2.30. The molecule has 1 aromatic carbocycles. The van der Waals surface area contributed by atoms with Crippen molar-refractivity contribution in [3.05, 3.63) is 36.4 Å². The molecule has 4 heteroatoms. The van der Waals surface area contributed by atoms with Crippen molar-refractivity contribution < 1.29 is 0 Å². The third-order valence-corrected chi connectivity index (χ3v) is 4.37. The SMILES string of the molecule is c1ccc(-c2cc(N3CCCCC3)nc(NC3CC3)n2)cc1. The minimum Gasteiger partial charge on any atom is -0.356 e. The van der Waals surface area contributed by atoms with E-state index < -0.39 is 0 Å². The summed E-state index contributed by atoms with van der Waals surface area (Å²) in [6.45, 7) is 2.21. The molecule has 0 amide bonds. The second-order valence-corrected chi connectivity index (χ2v) is 6.27. The minimum absolute atomic E-state index is 0.570. The lowest BCUT2D eigenvalue weighted by molar-refractivity contribution is 0.573. The maximum atomic E-state index is 4.77. The molecule has 4 nitrogen and oxygen atoms in total. The molecule has 2 aromatic rings. The predicted molar refractivity (Wildman–Crippen MR) is 90.2 cm³/mol. The molecular weight excluding hydrogens is 272 g/mol. The summed E-state index contributed by atoms with van der Waals surface area (Å²) < 4.78 is 0. The standard InChI is InChI=1S/C18H22N4/c1-3-7-14(8-4-1)16-13-17(22-11-5-2-6-12-22)21-18(20-16)19-15-9-10-15/h1,3-4,7-8,13,15H,2,5-6,9-12H2,(H,19,20,21). The van der Waals surface area contributed by atoms with Gasteiger partial charge in [-0.25, -0.2) is 4.98 Å². The largest absolute Gasteiger partial charge is 0.356 e. The Labute approximate surface area is 131 Å². The van der Waals surface area contributed by atoms with Gasteiger partial charge in [-0.2, -0.15) is 4.98 Å². The zero-order valence-electron chi connectivity index (χ0n) is 12.8. The first-order valence-electron chi connectivity index (χ1n) is 8.34. The first-order valence-corrected chi connectivity index (χ1v) is 8.34. The summed E-state index contributed by atoms with van der Waals surface area (Å²) in [4.78, 5) is 11.9. The Morgan fingerprint density at radius 2 is 1.73 bits per heavy atom. The van der Waals surface area contributed by atoms with E-state index in [0.717, 1.165) is 36.1 Å². The summed E-state index contributed by atoms with van der Waals surface area (Å²) in [5.74, 6) is 1.85. The van der Waals surface area contributed by atoms with E-state index >= 15 is 0 Å². The molecule has 1 saturated carbocycles. The Morgan fingerprint density at radius 3 is 2.45 bits per heavy atom. The molecule has 2 heterocycles. The topological polar surface area (TPSA) is 41.1 Å². The van der Waals surface area contributed by atoms with Gasteiger partial charge in [-0.15, -0.1) is 0 Å². The number of anilines is 2. The number of nitrogens with zero attached hydrogens (tertiary/aromatic N) is 3. The van der Waals surface area contributed by atoms with Gasteiger partial charge in [0.05, 0.1) is 5.69 Å². The molecule has 0 spiro atoms. The Kier molecular flexibility index (Phi) is 3.67. The van der Waals surface area contributed by atoms with Crippen LogP contribution in [0.25, 0.3) is 11.3 Å². The van der Waals surface area contributed by atoms with E-state index in [0.29, 0.717) is 6.04 Å². The quantitative estimate of drug-likeness (QED) is 0.933. The van der Waals surface area contributed by atoms with Gasteiger partial charge in [0, 0.05) is 30.8 Å². The molecule has 1 aliphatic heterocycles. The number of piperidine rings is 1. The van der Waals surface area contributed by atoms with Gasteiger partial charge in [0.15, 0.2) is 0 Å². The highest BCUT2D eigenvalue weighted by Crippen LogP contribution is 2.28. The van der Waals surface area contributed by atoms with Crippen molar-refractivity contribution in [2.45, 2.75) is 38.1 Å². The average molecular weight is 294 g/mol.